The minimum Gasteiger partial charge on any atom is -0.478 e. The molecule has 114 valence electrons. The highest BCUT2D eigenvalue weighted by molar-refractivity contribution is 9.10. The normalized spacial score (nSPS) is 19.0. The van der Waals surface area contributed by atoms with Crippen molar-refractivity contribution in [1.29, 1.82) is 0 Å². The highest BCUT2D eigenvalue weighted by Gasteiger charge is 2.34. The van der Waals surface area contributed by atoms with Crippen LogP contribution < -0.4 is 4.90 Å². The first-order valence-corrected chi connectivity index (χ1v) is 8.27. The fraction of sp³-hybridized carbons (Fsp3) is 0.333. The van der Waals surface area contributed by atoms with Crippen LogP contribution in [0.2, 0.25) is 0 Å². The summed E-state index contributed by atoms with van der Waals surface area (Å²) < 4.78 is 34.3. The third-order valence-electron chi connectivity index (χ3n) is 3.13. The number of hydrogen-bond acceptors (Lipinski definition) is 4. The van der Waals surface area contributed by atoms with Crippen molar-refractivity contribution in [1.82, 2.24) is 0 Å². The molecule has 1 heterocycles. The molecule has 1 unspecified atom stereocenters. The Balaban J connectivity index is 2.25. The Morgan fingerprint density at radius 2 is 2.14 bits per heavy atom. The number of carbonyl (C=O) groups is 2. The van der Waals surface area contributed by atoms with Crippen LogP contribution in [0.3, 0.4) is 0 Å². The summed E-state index contributed by atoms with van der Waals surface area (Å²) in [5.41, 5.74) is 0.334. The Morgan fingerprint density at radius 3 is 2.71 bits per heavy atom. The van der Waals surface area contributed by atoms with Gasteiger partial charge >= 0.3 is 16.2 Å². The molecule has 9 heteroatoms. The third-order valence-corrected chi connectivity index (χ3v) is 4.69. The number of halogens is 2. The molecule has 0 aromatic heterocycles. The molecule has 0 bridgehead atoms. The van der Waals surface area contributed by atoms with E-state index in [1.807, 2.05) is 0 Å². The van der Waals surface area contributed by atoms with E-state index in [0.717, 1.165) is 0 Å². The second-order valence-corrected chi connectivity index (χ2v) is 7.01. The monoisotopic (exact) mass is 379 g/mol. The number of carboxylic acid groups (broad SMARTS) is 1. The fourth-order valence-electron chi connectivity index (χ4n) is 2.27. The van der Waals surface area contributed by atoms with E-state index in [1.165, 1.54) is 17.0 Å². The summed E-state index contributed by atoms with van der Waals surface area (Å²) in [4.78, 5) is 24.2. The smallest absolute Gasteiger partial charge is 0.336 e. The van der Waals surface area contributed by atoms with E-state index in [-0.39, 0.29) is 24.4 Å². The number of carboxylic acids is 1. The summed E-state index contributed by atoms with van der Waals surface area (Å²) in [7, 11) is -4.65. The lowest BCUT2D eigenvalue weighted by Gasteiger charge is -2.17. The van der Waals surface area contributed by atoms with E-state index >= 15 is 0 Å². The van der Waals surface area contributed by atoms with Crippen LogP contribution in [-0.2, 0) is 15.0 Å². The summed E-state index contributed by atoms with van der Waals surface area (Å²) in [6.45, 7) is 0.0443. The van der Waals surface area contributed by atoms with Crippen molar-refractivity contribution >= 4 is 43.7 Å². The van der Waals surface area contributed by atoms with Gasteiger partial charge in [-0.05, 0) is 34.1 Å². The Labute approximate surface area is 128 Å². The zero-order chi connectivity index (χ0) is 15.8. The van der Waals surface area contributed by atoms with Crippen LogP contribution in [0.4, 0.5) is 9.57 Å². The molecule has 0 aliphatic carbocycles. The van der Waals surface area contributed by atoms with Gasteiger partial charge in [0.2, 0.25) is 5.91 Å². The van der Waals surface area contributed by atoms with Gasteiger partial charge in [-0.15, -0.1) is 3.89 Å². The van der Waals surface area contributed by atoms with Crippen molar-refractivity contribution in [2.24, 2.45) is 5.92 Å². The van der Waals surface area contributed by atoms with E-state index in [9.17, 15) is 21.9 Å². The maximum atomic E-state index is 12.7. The molecule has 0 spiro atoms. The standard InChI is InChI=1S/C12H11BrFNO5S/c13-10-2-1-8(4-9(10)12(17)18)15-5-7(3-11(15)16)6-21(14,19)20/h1-2,4,7H,3,5-6H2,(H,17,18). The molecule has 1 aliphatic heterocycles. The van der Waals surface area contributed by atoms with Crippen molar-refractivity contribution in [2.75, 3.05) is 17.2 Å². The van der Waals surface area contributed by atoms with E-state index in [0.29, 0.717) is 10.2 Å². The molecule has 0 saturated carbocycles. The second kappa shape index (κ2) is 5.72. The predicted molar refractivity (Wildman–Crippen MR) is 76.5 cm³/mol. The average Bonchev–Trinajstić information content (AvgIpc) is 2.68. The van der Waals surface area contributed by atoms with Crippen LogP contribution in [-0.4, -0.2) is 37.7 Å². The number of carbonyl (C=O) groups excluding carboxylic acids is 1. The minimum atomic E-state index is -4.65. The zero-order valence-electron chi connectivity index (χ0n) is 10.6. The van der Waals surface area contributed by atoms with Crippen LogP contribution in [0.1, 0.15) is 16.8 Å². The van der Waals surface area contributed by atoms with Crippen molar-refractivity contribution < 1.29 is 27.0 Å². The van der Waals surface area contributed by atoms with Crippen LogP contribution in [0.5, 0.6) is 0 Å². The molecule has 1 atom stereocenters. The van der Waals surface area contributed by atoms with Gasteiger partial charge in [0.15, 0.2) is 0 Å². The summed E-state index contributed by atoms with van der Waals surface area (Å²) in [5.74, 6) is -2.86. The molecule has 1 amide bonds. The summed E-state index contributed by atoms with van der Waals surface area (Å²) >= 11 is 3.09. The number of nitrogens with zero attached hydrogens (tertiary/aromatic N) is 1. The van der Waals surface area contributed by atoms with Crippen LogP contribution in [0.15, 0.2) is 22.7 Å². The molecule has 1 aromatic carbocycles. The van der Waals surface area contributed by atoms with Gasteiger partial charge in [0.25, 0.3) is 0 Å². The lowest BCUT2D eigenvalue weighted by atomic mass is 10.1. The molecular formula is C12H11BrFNO5S. The lowest BCUT2D eigenvalue weighted by molar-refractivity contribution is -0.117. The zero-order valence-corrected chi connectivity index (χ0v) is 13.0. The summed E-state index contributed by atoms with van der Waals surface area (Å²) in [6, 6.07) is 4.35. The first-order chi connectivity index (χ1) is 9.67. The second-order valence-electron chi connectivity index (χ2n) is 4.75. The third kappa shape index (κ3) is 3.79. The molecule has 6 nitrogen and oxygen atoms in total. The van der Waals surface area contributed by atoms with Gasteiger partial charge in [0.05, 0.1) is 11.3 Å². The van der Waals surface area contributed by atoms with E-state index < -0.39 is 27.9 Å². The summed E-state index contributed by atoms with van der Waals surface area (Å²) in [5, 5.41) is 9.04. The molecule has 0 radical (unpaired) electrons. The molecule has 21 heavy (non-hydrogen) atoms. The SMILES string of the molecule is O=C(O)c1cc(N2CC(CS(=O)(=O)F)CC2=O)ccc1Br. The molecule has 2 rings (SSSR count). The van der Waals surface area contributed by atoms with Gasteiger partial charge in [0.1, 0.15) is 0 Å². The fourth-order valence-corrected chi connectivity index (χ4v) is 3.47. The Bertz CT molecular complexity index is 706. The molecule has 1 N–H and O–H groups in total. The largest absolute Gasteiger partial charge is 0.478 e. The molecule has 1 fully saturated rings. The van der Waals surface area contributed by atoms with Gasteiger partial charge < -0.3 is 10.0 Å². The van der Waals surface area contributed by atoms with Crippen molar-refractivity contribution in [3.63, 3.8) is 0 Å². The number of benzene rings is 1. The number of amides is 1. The molecular weight excluding hydrogens is 369 g/mol. The van der Waals surface area contributed by atoms with Crippen molar-refractivity contribution in [3.8, 4) is 0 Å². The van der Waals surface area contributed by atoms with Crippen molar-refractivity contribution in [3.05, 3.63) is 28.2 Å². The van der Waals surface area contributed by atoms with E-state index in [1.54, 1.807) is 6.07 Å². The van der Waals surface area contributed by atoms with Crippen LogP contribution in [0, 0.1) is 5.92 Å². The van der Waals surface area contributed by atoms with Gasteiger partial charge in [-0.1, -0.05) is 0 Å². The Morgan fingerprint density at radius 1 is 1.48 bits per heavy atom. The topological polar surface area (TPSA) is 91.8 Å². The maximum Gasteiger partial charge on any atom is 0.336 e. The Kier molecular flexibility index (Phi) is 4.33. The highest BCUT2D eigenvalue weighted by atomic mass is 79.9. The minimum absolute atomic E-state index is 0.0122. The number of hydrogen-bond donors (Lipinski definition) is 1. The van der Waals surface area contributed by atoms with E-state index in [2.05, 4.69) is 15.9 Å². The van der Waals surface area contributed by atoms with Crippen molar-refractivity contribution in [2.45, 2.75) is 6.42 Å². The van der Waals surface area contributed by atoms with Crippen LogP contribution in [0.25, 0.3) is 0 Å². The predicted octanol–water partition coefficient (Wildman–Crippen LogP) is 1.80. The number of anilines is 1. The quantitative estimate of drug-likeness (QED) is 0.805. The van der Waals surface area contributed by atoms with Crippen LogP contribution >= 0.6 is 15.9 Å². The van der Waals surface area contributed by atoms with Gasteiger partial charge in [-0.3, -0.25) is 4.79 Å². The maximum absolute atomic E-state index is 12.7. The first-order valence-electron chi connectivity index (χ1n) is 5.93. The first kappa shape index (κ1) is 15.9. The molecule has 1 saturated heterocycles. The molecule has 1 aromatic rings. The molecule has 1 aliphatic rings. The van der Waals surface area contributed by atoms with Gasteiger partial charge in [-0.25, -0.2) is 4.79 Å². The highest BCUT2D eigenvalue weighted by Crippen LogP contribution is 2.29. The number of aromatic carboxylic acids is 1. The Hall–Kier alpha value is -1.48. The summed E-state index contributed by atoms with van der Waals surface area (Å²) in [6.07, 6.45) is -0.0817. The average molecular weight is 380 g/mol. The van der Waals surface area contributed by atoms with Gasteiger partial charge in [-0.2, -0.15) is 8.42 Å². The lowest BCUT2D eigenvalue weighted by Crippen LogP contribution is -2.25. The van der Waals surface area contributed by atoms with E-state index in [4.69, 9.17) is 5.11 Å². The number of rotatable bonds is 4. The van der Waals surface area contributed by atoms with Gasteiger partial charge in [0, 0.05) is 29.0 Å².